The molecule has 0 aliphatic rings. The van der Waals surface area contributed by atoms with Crippen molar-refractivity contribution in [2.75, 3.05) is 13.1 Å². The molecule has 0 saturated carbocycles. The molecule has 0 aromatic carbocycles. The molecular weight excluding hydrogens is 500 g/mol. The van der Waals surface area contributed by atoms with E-state index in [1.54, 1.807) is 0 Å². The molecule has 0 aliphatic heterocycles. The monoisotopic (exact) mass is 540 g/mol. The van der Waals surface area contributed by atoms with Crippen LogP contribution in [0.25, 0.3) is 0 Å². The number of aliphatic hydroxyl groups excluding tert-OH is 1. The average Bonchev–Trinajstić information content (AvgIpc) is 3.36. The first-order valence-corrected chi connectivity index (χ1v) is 12.3. The van der Waals surface area contributed by atoms with Crippen molar-refractivity contribution in [1.82, 2.24) is 25.9 Å². The lowest BCUT2D eigenvalue weighted by atomic mass is 10.0. The van der Waals surface area contributed by atoms with Crippen molar-refractivity contribution in [3.8, 4) is 0 Å². The maximum absolute atomic E-state index is 13.0. The summed E-state index contributed by atoms with van der Waals surface area (Å²) >= 11 is 0. The molecule has 16 heteroatoms. The number of nitrogens with two attached hydrogens (primary N) is 4. The molecule has 16 nitrogen and oxygen atoms in total. The second-order valence-corrected chi connectivity index (χ2v) is 8.81. The van der Waals surface area contributed by atoms with Crippen molar-refractivity contribution in [2.24, 2.45) is 27.9 Å². The predicted octanol–water partition coefficient (Wildman–Crippen LogP) is -3.62. The van der Waals surface area contributed by atoms with E-state index in [9.17, 15) is 29.4 Å². The summed E-state index contributed by atoms with van der Waals surface area (Å²) in [4.78, 5) is 60.6. The van der Waals surface area contributed by atoms with Gasteiger partial charge in [-0.15, -0.1) is 0 Å². The lowest BCUT2D eigenvalue weighted by Crippen LogP contribution is -2.59. The van der Waals surface area contributed by atoms with Gasteiger partial charge in [-0.05, 0) is 45.6 Å². The van der Waals surface area contributed by atoms with Crippen LogP contribution in [0.5, 0.6) is 0 Å². The third-order valence-electron chi connectivity index (χ3n) is 5.54. The van der Waals surface area contributed by atoms with Crippen LogP contribution >= 0.6 is 0 Å². The Kier molecular flexibility index (Phi) is 14.3. The molecule has 5 atom stereocenters. The highest BCUT2D eigenvalue weighted by molar-refractivity contribution is 5.94. The molecule has 1 aromatic heterocycles. The minimum Gasteiger partial charge on any atom is -0.480 e. The molecule has 3 amide bonds. The van der Waals surface area contributed by atoms with Crippen LogP contribution in [0, 0.1) is 0 Å². The standard InChI is InChI=1S/C22H40N10O6/c1-12(33)17(32-18(34)14(24)5-4-8-28-22(25)26)20(36)30-15(6-2-3-7-23)19(35)31-16(21(37)38)9-13-10-27-11-29-13/h10-12,14-17,33H,2-9,23-24H2,1H3,(H,27,29)(H,30,36)(H,31,35)(H,32,34)(H,37,38)(H4,25,26,28). The van der Waals surface area contributed by atoms with Crippen LogP contribution in [-0.2, 0) is 25.6 Å². The third-order valence-corrected chi connectivity index (χ3v) is 5.54. The smallest absolute Gasteiger partial charge is 0.326 e. The molecule has 38 heavy (non-hydrogen) atoms. The van der Waals surface area contributed by atoms with E-state index in [1.807, 2.05) is 0 Å². The topological polar surface area (TPSA) is 290 Å². The number of hydrogen-bond donors (Lipinski definition) is 10. The van der Waals surface area contributed by atoms with Crippen LogP contribution in [0.15, 0.2) is 17.5 Å². The average molecular weight is 541 g/mol. The van der Waals surface area contributed by atoms with Crippen LogP contribution in [0.2, 0.25) is 0 Å². The number of hydrogen-bond acceptors (Lipinski definition) is 9. The largest absolute Gasteiger partial charge is 0.480 e. The SMILES string of the molecule is CC(O)C(NC(=O)C(N)CCCN=C(N)N)C(=O)NC(CCCCN)C(=O)NC(Cc1cnc[nH]1)C(=O)O. The Hall–Kier alpha value is -3.76. The van der Waals surface area contributed by atoms with E-state index in [2.05, 4.69) is 30.9 Å². The highest BCUT2D eigenvalue weighted by Crippen LogP contribution is 2.06. The zero-order valence-corrected chi connectivity index (χ0v) is 21.4. The molecule has 5 unspecified atom stereocenters. The number of aliphatic hydroxyl groups is 1. The maximum atomic E-state index is 13.0. The number of amides is 3. The Labute approximate surface area is 220 Å². The van der Waals surface area contributed by atoms with Crippen molar-refractivity contribution in [3.05, 3.63) is 18.2 Å². The molecule has 0 bridgehead atoms. The molecule has 1 heterocycles. The number of nitrogens with one attached hydrogen (secondary N) is 4. The highest BCUT2D eigenvalue weighted by atomic mass is 16.4. The van der Waals surface area contributed by atoms with Gasteiger partial charge in [-0.1, -0.05) is 0 Å². The normalized spacial score (nSPS) is 14.8. The van der Waals surface area contributed by atoms with Crippen molar-refractivity contribution in [2.45, 2.75) is 75.7 Å². The van der Waals surface area contributed by atoms with Gasteiger partial charge in [0, 0.05) is 24.9 Å². The van der Waals surface area contributed by atoms with E-state index in [-0.39, 0.29) is 31.8 Å². The van der Waals surface area contributed by atoms with Crippen molar-refractivity contribution in [1.29, 1.82) is 0 Å². The Morgan fingerprint density at radius 3 is 2.26 bits per heavy atom. The van der Waals surface area contributed by atoms with Gasteiger partial charge in [-0.3, -0.25) is 19.4 Å². The number of unbranched alkanes of at least 4 members (excludes halogenated alkanes) is 1. The fourth-order valence-corrected chi connectivity index (χ4v) is 3.43. The van der Waals surface area contributed by atoms with Crippen LogP contribution in [0.1, 0.15) is 44.7 Å². The fraction of sp³-hybridized carbons (Fsp3) is 0.636. The minimum absolute atomic E-state index is 0.0576. The number of carboxylic acid groups (broad SMARTS) is 1. The number of aromatic amines is 1. The lowest BCUT2D eigenvalue weighted by Gasteiger charge is -2.26. The summed E-state index contributed by atoms with van der Waals surface area (Å²) in [6, 6.07) is -4.86. The second kappa shape index (κ2) is 16.9. The minimum atomic E-state index is -1.42. The van der Waals surface area contributed by atoms with Crippen molar-refractivity contribution < 1.29 is 29.4 Å². The first-order valence-electron chi connectivity index (χ1n) is 12.3. The third kappa shape index (κ3) is 12.0. The number of aromatic nitrogens is 2. The zero-order valence-electron chi connectivity index (χ0n) is 21.4. The molecule has 14 N–H and O–H groups in total. The zero-order chi connectivity index (χ0) is 28.7. The van der Waals surface area contributed by atoms with E-state index in [4.69, 9.17) is 22.9 Å². The van der Waals surface area contributed by atoms with Gasteiger partial charge in [0.2, 0.25) is 17.7 Å². The molecule has 0 spiro atoms. The van der Waals surface area contributed by atoms with Crippen LogP contribution in [0.3, 0.4) is 0 Å². The summed E-state index contributed by atoms with van der Waals surface area (Å²) in [7, 11) is 0. The number of H-pyrrole nitrogens is 1. The van der Waals surface area contributed by atoms with E-state index in [0.717, 1.165) is 0 Å². The lowest BCUT2D eigenvalue weighted by molar-refractivity contribution is -0.142. The Bertz CT molecular complexity index is 920. The number of guanidine groups is 1. The quantitative estimate of drug-likeness (QED) is 0.0492. The predicted molar refractivity (Wildman–Crippen MR) is 138 cm³/mol. The van der Waals surface area contributed by atoms with Gasteiger partial charge in [-0.2, -0.15) is 0 Å². The van der Waals surface area contributed by atoms with E-state index in [1.165, 1.54) is 19.4 Å². The van der Waals surface area contributed by atoms with E-state index in [0.29, 0.717) is 31.5 Å². The molecule has 1 rings (SSSR count). The maximum Gasteiger partial charge on any atom is 0.326 e. The number of imidazole rings is 1. The summed E-state index contributed by atoms with van der Waals surface area (Å²) in [5, 5.41) is 27.0. The van der Waals surface area contributed by atoms with Gasteiger partial charge in [0.05, 0.1) is 18.5 Å². The van der Waals surface area contributed by atoms with E-state index >= 15 is 0 Å². The number of aliphatic imine (C=N–C) groups is 1. The number of aliphatic carboxylic acids is 1. The van der Waals surface area contributed by atoms with Gasteiger partial charge >= 0.3 is 5.97 Å². The molecule has 1 aromatic rings. The first-order chi connectivity index (χ1) is 18.0. The van der Waals surface area contributed by atoms with Gasteiger partial charge < -0.3 is 54.1 Å². The summed E-state index contributed by atoms with van der Waals surface area (Å²) in [5.41, 5.74) is 22.4. The summed E-state index contributed by atoms with van der Waals surface area (Å²) in [5.74, 6) is -3.63. The Balaban J connectivity index is 2.88. The Morgan fingerprint density at radius 1 is 1.03 bits per heavy atom. The van der Waals surface area contributed by atoms with Crippen LogP contribution < -0.4 is 38.9 Å². The van der Waals surface area contributed by atoms with Crippen molar-refractivity contribution in [3.63, 3.8) is 0 Å². The summed E-state index contributed by atoms with van der Waals surface area (Å²) < 4.78 is 0. The van der Waals surface area contributed by atoms with Gasteiger partial charge in [0.15, 0.2) is 5.96 Å². The molecule has 214 valence electrons. The van der Waals surface area contributed by atoms with Crippen molar-refractivity contribution >= 4 is 29.7 Å². The van der Waals surface area contributed by atoms with Crippen LogP contribution in [0.4, 0.5) is 0 Å². The van der Waals surface area contributed by atoms with Crippen LogP contribution in [-0.4, -0.2) is 93.2 Å². The number of nitrogens with zero attached hydrogens (tertiary/aromatic N) is 2. The molecule has 0 saturated heterocycles. The first kappa shape index (κ1) is 32.3. The molecule has 0 radical (unpaired) electrons. The van der Waals surface area contributed by atoms with Gasteiger partial charge in [0.1, 0.15) is 18.1 Å². The molecular formula is C22H40N10O6. The number of carbonyl (C=O) groups excluding carboxylic acids is 3. The number of rotatable bonds is 18. The number of carbonyl (C=O) groups is 4. The van der Waals surface area contributed by atoms with Gasteiger partial charge in [-0.25, -0.2) is 9.78 Å². The number of carboxylic acids is 1. The van der Waals surface area contributed by atoms with E-state index < -0.39 is 54.0 Å². The molecule has 0 fully saturated rings. The molecule has 0 aliphatic carbocycles. The Morgan fingerprint density at radius 2 is 1.71 bits per heavy atom. The summed E-state index contributed by atoms with van der Waals surface area (Å²) in [6.07, 6.45) is 3.22. The van der Waals surface area contributed by atoms with Gasteiger partial charge in [0.25, 0.3) is 0 Å². The second-order valence-electron chi connectivity index (χ2n) is 8.81. The summed E-state index contributed by atoms with van der Waals surface area (Å²) in [6.45, 7) is 1.91. The highest BCUT2D eigenvalue weighted by Gasteiger charge is 2.32. The fourth-order valence-electron chi connectivity index (χ4n) is 3.43.